The maximum atomic E-state index is 12.1. The molecule has 5 nitrogen and oxygen atoms in total. The molecular formula is C14H10ClF2N2O3S-. The third-order valence-electron chi connectivity index (χ3n) is 2.61. The van der Waals surface area contributed by atoms with Crippen molar-refractivity contribution in [3.8, 4) is 0 Å². The highest BCUT2D eigenvalue weighted by Gasteiger charge is 2.06. The SMILES string of the molecule is O=C([O-])c1ccc(Cl)c(N/N=C\c2ccc(CSC(F)F)o2)c1. The van der Waals surface area contributed by atoms with E-state index in [-0.39, 0.29) is 22.0 Å². The molecule has 2 rings (SSSR count). The van der Waals surface area contributed by atoms with Crippen molar-refractivity contribution >= 4 is 41.2 Å². The van der Waals surface area contributed by atoms with E-state index < -0.39 is 11.7 Å². The number of thioether (sulfide) groups is 1. The number of carbonyl (C=O) groups is 1. The van der Waals surface area contributed by atoms with Crippen LogP contribution in [0.1, 0.15) is 21.9 Å². The summed E-state index contributed by atoms with van der Waals surface area (Å²) in [5.74, 6) is -2.99. The third-order valence-corrected chi connectivity index (χ3v) is 3.65. The highest BCUT2D eigenvalue weighted by atomic mass is 35.5. The van der Waals surface area contributed by atoms with Gasteiger partial charge in [-0.1, -0.05) is 29.4 Å². The number of nitrogens with zero attached hydrogens (tertiary/aromatic N) is 1. The number of halogens is 3. The summed E-state index contributed by atoms with van der Waals surface area (Å²) in [4.78, 5) is 10.8. The Bertz CT molecular complexity index is 722. The summed E-state index contributed by atoms with van der Waals surface area (Å²) in [7, 11) is 0. The Balaban J connectivity index is 1.99. The summed E-state index contributed by atoms with van der Waals surface area (Å²) < 4.78 is 29.4. The van der Waals surface area contributed by atoms with Crippen LogP contribution in [0, 0.1) is 0 Å². The fourth-order valence-electron chi connectivity index (χ4n) is 1.59. The zero-order valence-electron chi connectivity index (χ0n) is 11.5. The molecule has 0 aliphatic rings. The van der Waals surface area contributed by atoms with Gasteiger partial charge in [0.05, 0.1) is 28.6 Å². The standard InChI is InChI=1S/C14H11ClF2N2O3S/c15-11-4-1-8(13(20)21)5-12(11)19-18-6-9-2-3-10(22-9)7-23-14(16)17/h1-6,14,19H,7H2,(H,20,21)/p-1/b18-6-. The average molecular weight is 360 g/mol. The van der Waals surface area contributed by atoms with Gasteiger partial charge in [-0.25, -0.2) is 0 Å². The number of rotatable bonds is 7. The summed E-state index contributed by atoms with van der Waals surface area (Å²) in [6.07, 6.45) is 1.32. The van der Waals surface area contributed by atoms with Gasteiger partial charge in [0, 0.05) is 0 Å². The van der Waals surface area contributed by atoms with Crippen LogP contribution in [-0.2, 0) is 5.75 Å². The number of hydrazone groups is 1. The fourth-order valence-corrected chi connectivity index (χ4v) is 2.20. The minimum Gasteiger partial charge on any atom is -0.545 e. The number of anilines is 1. The largest absolute Gasteiger partial charge is 0.545 e. The maximum Gasteiger partial charge on any atom is 0.284 e. The first-order valence-electron chi connectivity index (χ1n) is 6.24. The molecule has 0 radical (unpaired) electrons. The van der Waals surface area contributed by atoms with E-state index in [4.69, 9.17) is 16.0 Å². The number of furan rings is 1. The summed E-state index contributed by atoms with van der Waals surface area (Å²) in [5, 5.41) is 14.9. The number of carboxylic acid groups (broad SMARTS) is 1. The van der Waals surface area contributed by atoms with E-state index in [0.29, 0.717) is 23.3 Å². The lowest BCUT2D eigenvalue weighted by molar-refractivity contribution is -0.255. The van der Waals surface area contributed by atoms with Gasteiger partial charge >= 0.3 is 0 Å². The first-order valence-corrected chi connectivity index (χ1v) is 7.67. The Hall–Kier alpha value is -2.06. The number of carbonyl (C=O) groups excluding carboxylic acids is 1. The number of alkyl halides is 2. The highest BCUT2D eigenvalue weighted by Crippen LogP contribution is 2.23. The quantitative estimate of drug-likeness (QED) is 0.606. The van der Waals surface area contributed by atoms with Crippen molar-refractivity contribution in [2.75, 3.05) is 5.43 Å². The number of nitrogens with one attached hydrogen (secondary N) is 1. The molecule has 0 unspecified atom stereocenters. The molecule has 0 bridgehead atoms. The van der Waals surface area contributed by atoms with Crippen molar-refractivity contribution in [3.63, 3.8) is 0 Å². The summed E-state index contributed by atoms with van der Waals surface area (Å²) >= 11 is 6.37. The van der Waals surface area contributed by atoms with E-state index in [1.54, 1.807) is 12.1 Å². The summed E-state index contributed by atoms with van der Waals surface area (Å²) in [6, 6.07) is 7.14. The molecule has 0 atom stereocenters. The van der Waals surface area contributed by atoms with Gasteiger partial charge in [0.25, 0.3) is 5.76 Å². The lowest BCUT2D eigenvalue weighted by Crippen LogP contribution is -2.22. The monoisotopic (exact) mass is 359 g/mol. The molecule has 0 saturated carbocycles. The molecule has 9 heteroatoms. The van der Waals surface area contributed by atoms with Crippen LogP contribution >= 0.6 is 23.4 Å². The van der Waals surface area contributed by atoms with Gasteiger partial charge in [0.1, 0.15) is 11.5 Å². The second kappa shape index (κ2) is 7.98. The van der Waals surface area contributed by atoms with E-state index in [1.165, 1.54) is 24.4 Å². The van der Waals surface area contributed by atoms with Crippen molar-refractivity contribution in [2.24, 2.45) is 5.10 Å². The van der Waals surface area contributed by atoms with Crippen LogP contribution in [0.5, 0.6) is 0 Å². The van der Waals surface area contributed by atoms with Gasteiger partial charge < -0.3 is 14.3 Å². The van der Waals surface area contributed by atoms with Crippen LogP contribution in [0.25, 0.3) is 0 Å². The van der Waals surface area contributed by atoms with E-state index in [0.717, 1.165) is 0 Å². The Labute approximate surface area is 139 Å². The van der Waals surface area contributed by atoms with Gasteiger partial charge in [0.15, 0.2) is 0 Å². The number of aromatic carboxylic acids is 1. The van der Waals surface area contributed by atoms with E-state index in [2.05, 4.69) is 10.5 Å². The minimum atomic E-state index is -2.46. The van der Waals surface area contributed by atoms with Crippen LogP contribution in [0.3, 0.4) is 0 Å². The Morgan fingerprint density at radius 2 is 2.22 bits per heavy atom. The highest BCUT2D eigenvalue weighted by molar-refractivity contribution is 7.98. The predicted molar refractivity (Wildman–Crippen MR) is 83.0 cm³/mol. The molecule has 0 spiro atoms. The van der Waals surface area contributed by atoms with Crippen molar-refractivity contribution in [1.29, 1.82) is 0 Å². The van der Waals surface area contributed by atoms with Gasteiger partial charge in [-0.2, -0.15) is 13.9 Å². The van der Waals surface area contributed by atoms with Crippen molar-refractivity contribution < 1.29 is 23.1 Å². The second-order valence-corrected chi connectivity index (χ2v) is 5.61. The molecule has 0 aliphatic carbocycles. The fraction of sp³-hybridized carbons (Fsp3) is 0.143. The first kappa shape index (κ1) is 17.3. The number of hydrogen-bond acceptors (Lipinski definition) is 6. The summed E-state index contributed by atoms with van der Waals surface area (Å²) in [6.45, 7) is 0. The lowest BCUT2D eigenvalue weighted by atomic mass is 10.2. The Morgan fingerprint density at radius 3 is 2.91 bits per heavy atom. The van der Waals surface area contributed by atoms with E-state index in [1.807, 2.05) is 0 Å². The van der Waals surface area contributed by atoms with Crippen LogP contribution < -0.4 is 10.5 Å². The molecule has 0 aliphatic heterocycles. The number of benzene rings is 1. The normalized spacial score (nSPS) is 11.3. The average Bonchev–Trinajstić information content (AvgIpc) is 2.94. The van der Waals surface area contributed by atoms with Gasteiger partial charge in [0.2, 0.25) is 0 Å². The number of carboxylic acids is 1. The molecular weight excluding hydrogens is 350 g/mol. The maximum absolute atomic E-state index is 12.1. The summed E-state index contributed by atoms with van der Waals surface area (Å²) in [5.41, 5.74) is 2.81. The molecule has 1 aromatic heterocycles. The molecule has 0 saturated heterocycles. The minimum absolute atomic E-state index is 0.0450. The molecule has 23 heavy (non-hydrogen) atoms. The van der Waals surface area contributed by atoms with Crippen LogP contribution in [0.15, 0.2) is 39.9 Å². The van der Waals surface area contributed by atoms with Gasteiger partial charge in [-0.05, 0) is 29.8 Å². The van der Waals surface area contributed by atoms with Gasteiger partial charge in [-0.3, -0.25) is 5.43 Å². The predicted octanol–water partition coefficient (Wildman–Crippen LogP) is 3.20. The van der Waals surface area contributed by atoms with Crippen LogP contribution in [0.2, 0.25) is 5.02 Å². The van der Waals surface area contributed by atoms with Crippen LogP contribution in [0.4, 0.5) is 14.5 Å². The molecule has 1 aromatic carbocycles. The third kappa shape index (κ3) is 5.26. The van der Waals surface area contributed by atoms with Crippen molar-refractivity contribution in [3.05, 3.63) is 52.4 Å². The molecule has 1 heterocycles. The topological polar surface area (TPSA) is 77.7 Å². The van der Waals surface area contributed by atoms with E-state index in [9.17, 15) is 18.7 Å². The Morgan fingerprint density at radius 1 is 1.43 bits per heavy atom. The zero-order chi connectivity index (χ0) is 16.8. The van der Waals surface area contributed by atoms with E-state index >= 15 is 0 Å². The number of hydrogen-bond donors (Lipinski definition) is 1. The van der Waals surface area contributed by atoms with Crippen LogP contribution in [-0.4, -0.2) is 17.9 Å². The second-order valence-electron chi connectivity index (χ2n) is 4.23. The Kier molecular flexibility index (Phi) is 6.00. The zero-order valence-corrected chi connectivity index (χ0v) is 13.0. The molecule has 0 amide bonds. The lowest BCUT2D eigenvalue weighted by Gasteiger charge is -2.07. The van der Waals surface area contributed by atoms with Gasteiger partial charge in [-0.15, -0.1) is 0 Å². The molecule has 2 aromatic rings. The molecule has 1 N–H and O–H groups in total. The smallest absolute Gasteiger partial charge is 0.284 e. The van der Waals surface area contributed by atoms with Crippen molar-refractivity contribution in [2.45, 2.75) is 11.5 Å². The molecule has 122 valence electrons. The molecule has 0 fully saturated rings. The van der Waals surface area contributed by atoms with Crippen molar-refractivity contribution in [1.82, 2.24) is 0 Å². The first-order chi connectivity index (χ1) is 11.0.